The fourth-order valence-electron chi connectivity index (χ4n) is 4.14. The Hall–Kier alpha value is -3.93. The van der Waals surface area contributed by atoms with E-state index in [1.54, 1.807) is 36.3 Å². The van der Waals surface area contributed by atoms with Gasteiger partial charge in [0.15, 0.2) is 0 Å². The van der Waals surface area contributed by atoms with E-state index in [0.29, 0.717) is 23.6 Å². The smallest absolute Gasteiger partial charge is 0.272 e. The van der Waals surface area contributed by atoms with Gasteiger partial charge in [-0.15, -0.1) is 0 Å². The second kappa shape index (κ2) is 7.72. The predicted molar refractivity (Wildman–Crippen MR) is 119 cm³/mol. The lowest BCUT2D eigenvalue weighted by molar-refractivity contribution is -0.120. The van der Waals surface area contributed by atoms with Crippen LogP contribution in [-0.2, 0) is 11.2 Å². The molecule has 2 aliphatic rings. The Morgan fingerprint density at radius 1 is 1.03 bits per heavy atom. The van der Waals surface area contributed by atoms with Crippen molar-refractivity contribution in [1.29, 1.82) is 0 Å². The number of benzene rings is 3. The van der Waals surface area contributed by atoms with Crippen LogP contribution < -0.4 is 15.0 Å². The van der Waals surface area contributed by atoms with Crippen molar-refractivity contribution in [3.05, 3.63) is 95.1 Å². The minimum atomic E-state index is -1.01. The number of amides is 2. The van der Waals surface area contributed by atoms with Crippen LogP contribution in [0.1, 0.15) is 27.0 Å². The highest BCUT2D eigenvalue weighted by Gasteiger charge is 2.37. The minimum Gasteiger partial charge on any atom is -0.497 e. The lowest BCUT2D eigenvalue weighted by Gasteiger charge is -2.21. The summed E-state index contributed by atoms with van der Waals surface area (Å²) in [6, 6.07) is 22.6. The third-order valence-corrected chi connectivity index (χ3v) is 5.67. The zero-order valence-corrected chi connectivity index (χ0v) is 17.0. The van der Waals surface area contributed by atoms with Gasteiger partial charge >= 0.3 is 0 Å². The minimum absolute atomic E-state index is 0.223. The van der Waals surface area contributed by atoms with Crippen molar-refractivity contribution in [2.24, 2.45) is 4.99 Å². The van der Waals surface area contributed by atoms with E-state index in [-0.39, 0.29) is 11.8 Å². The molecule has 3 aromatic rings. The molecular formula is C25H21N3O3. The summed E-state index contributed by atoms with van der Waals surface area (Å²) in [5.41, 5.74) is 4.98. The van der Waals surface area contributed by atoms with Gasteiger partial charge in [-0.1, -0.05) is 48.5 Å². The average molecular weight is 411 g/mol. The molecule has 0 unspecified atom stereocenters. The number of methoxy groups -OCH3 is 1. The highest BCUT2D eigenvalue weighted by atomic mass is 16.5. The topological polar surface area (TPSA) is 71.0 Å². The Balaban J connectivity index is 1.56. The summed E-state index contributed by atoms with van der Waals surface area (Å²) in [5.74, 6) is 0.0769. The summed E-state index contributed by atoms with van der Waals surface area (Å²) >= 11 is 0. The number of carbonyl (C=O) groups excluding carboxylic acids is 2. The number of anilines is 1. The van der Waals surface area contributed by atoms with Crippen molar-refractivity contribution in [2.45, 2.75) is 12.6 Å². The van der Waals surface area contributed by atoms with E-state index in [1.165, 1.54) is 0 Å². The molecule has 154 valence electrons. The van der Waals surface area contributed by atoms with Crippen molar-refractivity contribution < 1.29 is 14.3 Å². The first kappa shape index (κ1) is 19.1. The van der Waals surface area contributed by atoms with Crippen LogP contribution in [0.15, 0.2) is 77.8 Å². The molecule has 31 heavy (non-hydrogen) atoms. The second-order valence-corrected chi connectivity index (χ2v) is 7.50. The van der Waals surface area contributed by atoms with Crippen LogP contribution in [0.3, 0.4) is 0 Å². The van der Waals surface area contributed by atoms with E-state index >= 15 is 0 Å². The van der Waals surface area contributed by atoms with Gasteiger partial charge in [-0.25, -0.2) is 4.99 Å². The molecule has 0 bridgehead atoms. The van der Waals surface area contributed by atoms with Gasteiger partial charge in [0.1, 0.15) is 5.75 Å². The summed E-state index contributed by atoms with van der Waals surface area (Å²) < 4.78 is 5.15. The van der Waals surface area contributed by atoms with Gasteiger partial charge in [-0.2, -0.15) is 0 Å². The third kappa shape index (κ3) is 3.36. The number of ether oxygens (including phenoxy) is 1. The van der Waals surface area contributed by atoms with E-state index in [0.717, 1.165) is 28.8 Å². The summed E-state index contributed by atoms with van der Waals surface area (Å²) in [5, 5.41) is 2.83. The maximum atomic E-state index is 13.4. The monoisotopic (exact) mass is 411 g/mol. The molecule has 0 radical (unpaired) electrons. The van der Waals surface area contributed by atoms with Crippen LogP contribution in [0.4, 0.5) is 5.69 Å². The summed E-state index contributed by atoms with van der Waals surface area (Å²) in [4.78, 5) is 32.8. The first-order chi connectivity index (χ1) is 15.2. The number of nitrogens with zero attached hydrogens (tertiary/aromatic N) is 2. The Labute approximate surface area is 180 Å². The Bertz CT molecular complexity index is 1190. The Morgan fingerprint density at radius 3 is 2.55 bits per heavy atom. The second-order valence-electron chi connectivity index (χ2n) is 7.50. The molecule has 0 saturated heterocycles. The molecule has 0 aromatic heterocycles. The molecule has 0 spiro atoms. The average Bonchev–Trinajstić information content (AvgIpc) is 3.21. The van der Waals surface area contributed by atoms with Crippen LogP contribution in [0, 0.1) is 0 Å². The van der Waals surface area contributed by atoms with Crippen LogP contribution in [0.2, 0.25) is 0 Å². The molecule has 2 heterocycles. The highest BCUT2D eigenvalue weighted by molar-refractivity contribution is 6.21. The number of aliphatic imine (C=N–C) groups is 1. The normalized spacial score (nSPS) is 16.9. The van der Waals surface area contributed by atoms with Crippen molar-refractivity contribution in [1.82, 2.24) is 5.32 Å². The lowest BCUT2D eigenvalue weighted by atomic mass is 9.98. The van der Waals surface area contributed by atoms with Crippen LogP contribution >= 0.6 is 0 Å². The molecule has 0 fully saturated rings. The van der Waals surface area contributed by atoms with Crippen LogP contribution in [0.25, 0.3) is 0 Å². The van der Waals surface area contributed by atoms with E-state index in [2.05, 4.69) is 5.32 Å². The van der Waals surface area contributed by atoms with Gasteiger partial charge in [-0.05, 0) is 36.2 Å². The number of rotatable bonds is 4. The zero-order valence-electron chi connectivity index (χ0n) is 17.0. The van der Waals surface area contributed by atoms with Gasteiger partial charge in [0.05, 0.1) is 18.5 Å². The van der Waals surface area contributed by atoms with Crippen LogP contribution in [-0.4, -0.2) is 37.3 Å². The molecule has 6 heteroatoms. The largest absolute Gasteiger partial charge is 0.497 e. The summed E-state index contributed by atoms with van der Waals surface area (Å²) in [7, 11) is 1.57. The number of hydrogen-bond donors (Lipinski definition) is 1. The fraction of sp³-hybridized carbons (Fsp3) is 0.160. The Morgan fingerprint density at radius 2 is 1.81 bits per heavy atom. The van der Waals surface area contributed by atoms with Crippen molar-refractivity contribution in [3.63, 3.8) is 0 Å². The molecule has 0 saturated carbocycles. The van der Waals surface area contributed by atoms with Crippen molar-refractivity contribution in [2.75, 3.05) is 18.6 Å². The number of hydrogen-bond acceptors (Lipinski definition) is 4. The van der Waals surface area contributed by atoms with Gasteiger partial charge in [-0.3, -0.25) is 9.59 Å². The zero-order chi connectivity index (χ0) is 21.4. The first-order valence-corrected chi connectivity index (χ1v) is 10.2. The molecule has 5 rings (SSSR count). The Kier molecular flexibility index (Phi) is 4.75. The first-order valence-electron chi connectivity index (χ1n) is 10.2. The number of para-hydroxylation sites is 1. The van der Waals surface area contributed by atoms with Gasteiger partial charge in [0.2, 0.25) is 6.17 Å². The molecule has 2 amide bonds. The van der Waals surface area contributed by atoms with E-state index in [1.807, 2.05) is 48.5 Å². The van der Waals surface area contributed by atoms with Crippen molar-refractivity contribution >= 4 is 23.2 Å². The standard InChI is InChI=1S/C25H21N3O3/c1-31-19-12-10-18(11-13-19)24(29)27-23-25(30)28-15-14-17-8-5-9-20(22(17)28)21(26-23)16-6-3-2-4-7-16/h2-13,23H,14-15H2,1H3,(H,27,29)/t23-/m0/s1. The van der Waals surface area contributed by atoms with E-state index in [9.17, 15) is 9.59 Å². The maximum Gasteiger partial charge on any atom is 0.272 e. The summed E-state index contributed by atoms with van der Waals surface area (Å²) in [6.45, 7) is 0.581. The maximum absolute atomic E-state index is 13.4. The SMILES string of the molecule is COc1ccc(C(=O)N[C@@H]2N=C(c3ccccc3)c3cccc4c3N(CC4)C2=O)cc1. The van der Waals surface area contributed by atoms with Crippen molar-refractivity contribution in [3.8, 4) is 5.75 Å². The molecule has 1 atom stereocenters. The number of nitrogens with one attached hydrogen (secondary N) is 1. The van der Waals surface area contributed by atoms with Gasteiger partial charge in [0.25, 0.3) is 11.8 Å². The van der Waals surface area contributed by atoms with Crippen LogP contribution in [0.5, 0.6) is 5.75 Å². The quantitative estimate of drug-likeness (QED) is 0.717. The molecule has 2 aliphatic heterocycles. The molecular weight excluding hydrogens is 390 g/mol. The predicted octanol–water partition coefficient (Wildman–Crippen LogP) is 3.19. The molecule has 0 aliphatic carbocycles. The lowest BCUT2D eigenvalue weighted by Crippen LogP contribution is -2.46. The van der Waals surface area contributed by atoms with Gasteiger partial charge in [0, 0.05) is 23.2 Å². The molecule has 1 N–H and O–H groups in total. The van der Waals surface area contributed by atoms with E-state index < -0.39 is 6.17 Å². The fourth-order valence-corrected chi connectivity index (χ4v) is 4.14. The molecule has 6 nitrogen and oxygen atoms in total. The molecule has 3 aromatic carbocycles. The summed E-state index contributed by atoms with van der Waals surface area (Å²) in [6.07, 6.45) is -0.223. The highest BCUT2D eigenvalue weighted by Crippen LogP contribution is 2.36. The van der Waals surface area contributed by atoms with Gasteiger partial charge < -0.3 is 15.0 Å². The number of carbonyl (C=O) groups is 2. The third-order valence-electron chi connectivity index (χ3n) is 5.67. The van der Waals surface area contributed by atoms with E-state index in [4.69, 9.17) is 9.73 Å².